The maximum atomic E-state index is 11.5. The number of Topliss-reactive ketones (excluding diaryl/α,β-unsaturated/α-hetero) is 1. The van der Waals surface area contributed by atoms with E-state index in [4.69, 9.17) is 4.74 Å². The molecular formula is C14H20O4. The molecule has 18 heavy (non-hydrogen) atoms. The van der Waals surface area contributed by atoms with Crippen LogP contribution in [0.25, 0.3) is 0 Å². The highest BCUT2D eigenvalue weighted by Crippen LogP contribution is 2.38. The molecule has 0 heterocycles. The summed E-state index contributed by atoms with van der Waals surface area (Å²) in [5, 5.41) is 19.6. The molecule has 0 aromatic heterocycles. The van der Waals surface area contributed by atoms with Crippen LogP contribution in [0.2, 0.25) is 0 Å². The topological polar surface area (TPSA) is 66.8 Å². The normalized spacial score (nSPS) is 10.7. The molecule has 0 atom stereocenters. The molecule has 1 aromatic rings. The van der Waals surface area contributed by atoms with Gasteiger partial charge >= 0.3 is 0 Å². The first-order valence-electron chi connectivity index (χ1n) is 6.17. The van der Waals surface area contributed by atoms with Crippen LogP contribution in [0.4, 0.5) is 0 Å². The van der Waals surface area contributed by atoms with Crippen molar-refractivity contribution in [2.75, 3.05) is 0 Å². The molecular weight excluding hydrogens is 232 g/mol. The zero-order valence-corrected chi connectivity index (χ0v) is 11.1. The Labute approximate surface area is 107 Å². The van der Waals surface area contributed by atoms with Crippen molar-refractivity contribution in [2.45, 2.75) is 46.1 Å². The molecule has 100 valence electrons. The van der Waals surface area contributed by atoms with Crippen LogP contribution < -0.4 is 4.74 Å². The van der Waals surface area contributed by atoms with Crippen molar-refractivity contribution in [3.8, 4) is 17.2 Å². The number of carbonyl (C=O) groups excluding carboxylic acids is 1. The van der Waals surface area contributed by atoms with Crippen LogP contribution in [0.15, 0.2) is 12.1 Å². The van der Waals surface area contributed by atoms with Crippen molar-refractivity contribution in [1.29, 1.82) is 0 Å². The number of phenolic OH excluding ortho intramolecular Hbond substituents is 2. The third-order valence-electron chi connectivity index (χ3n) is 2.48. The molecule has 2 N–H and O–H groups in total. The van der Waals surface area contributed by atoms with Crippen LogP contribution in [0.5, 0.6) is 17.2 Å². The molecule has 0 unspecified atom stereocenters. The van der Waals surface area contributed by atoms with Crippen molar-refractivity contribution in [3.63, 3.8) is 0 Å². The fourth-order valence-corrected chi connectivity index (χ4v) is 1.67. The van der Waals surface area contributed by atoms with Crippen LogP contribution >= 0.6 is 0 Å². The van der Waals surface area contributed by atoms with E-state index in [0.29, 0.717) is 12.0 Å². The fourth-order valence-electron chi connectivity index (χ4n) is 1.67. The lowest BCUT2D eigenvalue weighted by Gasteiger charge is -2.13. The van der Waals surface area contributed by atoms with E-state index in [0.717, 1.165) is 6.42 Å². The number of ether oxygens (including phenoxy) is 1. The standard InChI is InChI=1S/C14H20O4/c1-4-5-11(15)8-10-6-7-12(18-9(2)3)14(17)13(10)16/h6-7,9,16-17H,4-5,8H2,1-3H3. The summed E-state index contributed by atoms with van der Waals surface area (Å²) in [6.07, 6.45) is 1.29. The minimum absolute atomic E-state index is 0.0460. The van der Waals surface area contributed by atoms with Crippen LogP contribution in [0.3, 0.4) is 0 Å². The predicted octanol–water partition coefficient (Wildman–Crippen LogP) is 2.80. The minimum atomic E-state index is -0.300. The third-order valence-corrected chi connectivity index (χ3v) is 2.48. The van der Waals surface area contributed by atoms with Gasteiger partial charge in [0, 0.05) is 18.4 Å². The first kappa shape index (κ1) is 14.4. The number of ketones is 1. The molecule has 0 saturated heterocycles. The van der Waals surface area contributed by atoms with Gasteiger partial charge in [0.2, 0.25) is 5.75 Å². The van der Waals surface area contributed by atoms with Gasteiger partial charge in [0.25, 0.3) is 0 Å². The van der Waals surface area contributed by atoms with Gasteiger partial charge in [-0.25, -0.2) is 0 Å². The molecule has 0 fully saturated rings. The first-order valence-corrected chi connectivity index (χ1v) is 6.17. The largest absolute Gasteiger partial charge is 0.504 e. The van der Waals surface area contributed by atoms with Gasteiger partial charge < -0.3 is 14.9 Å². The van der Waals surface area contributed by atoms with Crippen molar-refractivity contribution in [2.24, 2.45) is 0 Å². The number of benzene rings is 1. The third kappa shape index (κ3) is 3.65. The second-order valence-electron chi connectivity index (χ2n) is 4.55. The molecule has 4 heteroatoms. The summed E-state index contributed by atoms with van der Waals surface area (Å²) in [5.74, 6) is -0.290. The van der Waals surface area contributed by atoms with Gasteiger partial charge in [-0.1, -0.05) is 13.0 Å². The molecule has 1 aromatic carbocycles. The number of carbonyl (C=O) groups is 1. The van der Waals surface area contributed by atoms with E-state index in [1.54, 1.807) is 12.1 Å². The second-order valence-corrected chi connectivity index (χ2v) is 4.55. The lowest BCUT2D eigenvalue weighted by atomic mass is 10.0. The van der Waals surface area contributed by atoms with E-state index >= 15 is 0 Å². The molecule has 0 aliphatic heterocycles. The average molecular weight is 252 g/mol. The summed E-state index contributed by atoms with van der Waals surface area (Å²) in [4.78, 5) is 11.5. The molecule has 0 amide bonds. The Bertz CT molecular complexity index is 424. The lowest BCUT2D eigenvalue weighted by Crippen LogP contribution is -2.06. The van der Waals surface area contributed by atoms with Gasteiger partial charge in [-0.05, 0) is 26.3 Å². The Morgan fingerprint density at radius 3 is 2.50 bits per heavy atom. The van der Waals surface area contributed by atoms with Crippen LogP contribution in [-0.4, -0.2) is 22.1 Å². The summed E-state index contributed by atoms with van der Waals surface area (Å²) in [6.45, 7) is 5.58. The lowest BCUT2D eigenvalue weighted by molar-refractivity contribution is -0.118. The van der Waals surface area contributed by atoms with Crippen molar-refractivity contribution >= 4 is 5.78 Å². The second kappa shape index (κ2) is 6.28. The number of aromatic hydroxyl groups is 2. The molecule has 1 rings (SSSR count). The van der Waals surface area contributed by atoms with E-state index in [2.05, 4.69) is 0 Å². The Morgan fingerprint density at radius 2 is 1.94 bits per heavy atom. The Kier molecular flexibility index (Phi) is 5.01. The van der Waals surface area contributed by atoms with E-state index in [1.165, 1.54) is 0 Å². The Balaban J connectivity index is 2.90. The number of hydrogen-bond donors (Lipinski definition) is 2. The van der Waals surface area contributed by atoms with Crippen molar-refractivity contribution < 1.29 is 19.7 Å². The zero-order valence-electron chi connectivity index (χ0n) is 11.1. The quantitative estimate of drug-likeness (QED) is 0.764. The van der Waals surface area contributed by atoms with E-state index in [9.17, 15) is 15.0 Å². The maximum absolute atomic E-state index is 11.5. The van der Waals surface area contributed by atoms with Crippen molar-refractivity contribution in [3.05, 3.63) is 17.7 Å². The monoisotopic (exact) mass is 252 g/mol. The van der Waals surface area contributed by atoms with Crippen LogP contribution in [0, 0.1) is 0 Å². The van der Waals surface area contributed by atoms with Gasteiger partial charge in [-0.2, -0.15) is 0 Å². The Morgan fingerprint density at radius 1 is 1.28 bits per heavy atom. The summed E-state index contributed by atoms with van der Waals surface area (Å²) >= 11 is 0. The molecule has 0 bridgehead atoms. The predicted molar refractivity (Wildman–Crippen MR) is 69.2 cm³/mol. The van der Waals surface area contributed by atoms with Crippen LogP contribution in [-0.2, 0) is 11.2 Å². The maximum Gasteiger partial charge on any atom is 0.200 e. The SMILES string of the molecule is CCCC(=O)Cc1ccc(OC(C)C)c(O)c1O. The van der Waals surface area contributed by atoms with Gasteiger partial charge in [0.1, 0.15) is 5.78 Å². The van der Waals surface area contributed by atoms with E-state index in [-0.39, 0.29) is 35.6 Å². The molecule has 0 aliphatic rings. The number of phenols is 2. The highest BCUT2D eigenvalue weighted by atomic mass is 16.5. The summed E-state index contributed by atoms with van der Waals surface area (Å²) in [6, 6.07) is 3.18. The average Bonchev–Trinajstić information content (AvgIpc) is 2.29. The van der Waals surface area contributed by atoms with Crippen LogP contribution in [0.1, 0.15) is 39.2 Å². The summed E-state index contributed by atoms with van der Waals surface area (Å²) in [5.41, 5.74) is 0.432. The molecule has 0 radical (unpaired) electrons. The molecule has 0 spiro atoms. The number of hydrogen-bond acceptors (Lipinski definition) is 4. The Hall–Kier alpha value is -1.71. The van der Waals surface area contributed by atoms with Gasteiger partial charge in [-0.3, -0.25) is 4.79 Å². The zero-order chi connectivity index (χ0) is 13.7. The molecule has 0 saturated carbocycles. The van der Waals surface area contributed by atoms with Gasteiger partial charge in [0.05, 0.1) is 6.10 Å². The van der Waals surface area contributed by atoms with Crippen molar-refractivity contribution in [1.82, 2.24) is 0 Å². The highest BCUT2D eigenvalue weighted by molar-refractivity contribution is 5.82. The van der Waals surface area contributed by atoms with E-state index in [1.807, 2.05) is 20.8 Å². The summed E-state index contributed by atoms with van der Waals surface area (Å²) in [7, 11) is 0. The first-order chi connectivity index (χ1) is 8.45. The summed E-state index contributed by atoms with van der Waals surface area (Å²) < 4.78 is 5.34. The van der Waals surface area contributed by atoms with Gasteiger partial charge in [0.15, 0.2) is 11.5 Å². The van der Waals surface area contributed by atoms with E-state index < -0.39 is 0 Å². The fraction of sp³-hybridized carbons (Fsp3) is 0.500. The number of rotatable bonds is 6. The minimum Gasteiger partial charge on any atom is -0.504 e. The molecule has 0 aliphatic carbocycles. The smallest absolute Gasteiger partial charge is 0.200 e. The van der Waals surface area contributed by atoms with Gasteiger partial charge in [-0.15, -0.1) is 0 Å². The molecule has 4 nitrogen and oxygen atoms in total. The highest BCUT2D eigenvalue weighted by Gasteiger charge is 2.15.